The Labute approximate surface area is 249 Å². The zero-order chi connectivity index (χ0) is 31.3. The first-order chi connectivity index (χ1) is 20.0. The summed E-state index contributed by atoms with van der Waals surface area (Å²) < 4.78 is 40.2. The van der Waals surface area contributed by atoms with Crippen LogP contribution in [0, 0.1) is 16.7 Å². The second-order valence-electron chi connectivity index (χ2n) is 14.0. The molecule has 7 fully saturated rings. The predicted molar refractivity (Wildman–Crippen MR) is 150 cm³/mol. The van der Waals surface area contributed by atoms with Gasteiger partial charge in [0.2, 0.25) is 0 Å². The van der Waals surface area contributed by atoms with Gasteiger partial charge in [-0.05, 0) is 62.8 Å². The van der Waals surface area contributed by atoms with E-state index in [9.17, 15) is 29.8 Å². The summed E-state index contributed by atoms with van der Waals surface area (Å²) in [7, 11) is -4.39. The first-order valence-corrected chi connectivity index (χ1v) is 16.6. The summed E-state index contributed by atoms with van der Waals surface area (Å²) in [6, 6.07) is 3.09. The fourth-order valence-electron chi connectivity index (χ4n) is 10.5. The van der Waals surface area contributed by atoms with E-state index in [0.29, 0.717) is 25.0 Å². The molecule has 43 heavy (non-hydrogen) atoms. The first kappa shape index (κ1) is 30.0. The van der Waals surface area contributed by atoms with Crippen molar-refractivity contribution in [2.24, 2.45) is 22.5 Å². The number of unbranched alkanes of at least 4 members (excludes halogenated alkanes) is 1. The molecule has 8 rings (SSSR count). The van der Waals surface area contributed by atoms with Crippen LogP contribution in [0.5, 0.6) is 0 Å². The maximum absolute atomic E-state index is 14.7. The lowest BCUT2D eigenvalue weighted by Crippen LogP contribution is -2.77. The predicted octanol–water partition coefficient (Wildman–Crippen LogP) is 1.23. The number of aliphatic hydroxyl groups is 4. The normalized spacial score (nSPS) is 54.0. The smallest absolute Gasteiger partial charge is 0.406 e. The summed E-state index contributed by atoms with van der Waals surface area (Å²) in [6.45, 7) is 11.2. The molecule has 1 aromatic heterocycles. The van der Waals surface area contributed by atoms with E-state index in [0.717, 1.165) is 0 Å². The van der Waals surface area contributed by atoms with Crippen molar-refractivity contribution < 1.29 is 48.3 Å². The second-order valence-corrected chi connectivity index (χ2v) is 15.8. The van der Waals surface area contributed by atoms with Crippen LogP contribution in [0.3, 0.4) is 0 Å². The van der Waals surface area contributed by atoms with E-state index in [4.69, 9.17) is 24.3 Å². The third-order valence-corrected chi connectivity index (χ3v) is 13.9. The Hall–Kier alpha value is -1.64. The summed E-state index contributed by atoms with van der Waals surface area (Å²) in [6.07, 6.45) is -0.459. The Morgan fingerprint density at radius 2 is 2.00 bits per heavy atom. The number of H-pyrrole nitrogens is 1. The molecule has 14 heteroatoms. The Kier molecular flexibility index (Phi) is 5.86. The lowest BCUT2D eigenvalue weighted by Gasteiger charge is -2.60. The Bertz CT molecular complexity index is 1460. The number of esters is 1. The van der Waals surface area contributed by atoms with Crippen LogP contribution in [0.2, 0.25) is 0 Å². The van der Waals surface area contributed by atoms with E-state index < -0.39 is 76.5 Å². The molecule has 6 bridgehead atoms. The van der Waals surface area contributed by atoms with E-state index >= 15 is 0 Å². The maximum atomic E-state index is 14.7. The van der Waals surface area contributed by atoms with Crippen LogP contribution in [0.4, 0.5) is 0 Å². The topological polar surface area (TPSA) is 206 Å². The third kappa shape index (κ3) is 2.66. The second kappa shape index (κ2) is 8.38. The molecule has 13 nitrogen and oxygen atoms in total. The monoisotopic (exact) mass is 623 g/mol. The van der Waals surface area contributed by atoms with Crippen molar-refractivity contribution in [3.8, 4) is 0 Å². The number of nitrogens with two attached hydrogens (primary N) is 1. The van der Waals surface area contributed by atoms with E-state index in [-0.39, 0.29) is 31.5 Å². The zero-order valence-electron chi connectivity index (χ0n) is 24.9. The Morgan fingerprint density at radius 3 is 2.63 bits per heavy atom. The van der Waals surface area contributed by atoms with Crippen molar-refractivity contribution in [2.45, 2.75) is 106 Å². The van der Waals surface area contributed by atoms with Crippen molar-refractivity contribution in [2.75, 3.05) is 13.1 Å². The van der Waals surface area contributed by atoms with E-state index in [1.807, 2.05) is 0 Å². The van der Waals surface area contributed by atoms with Gasteiger partial charge >= 0.3 is 13.7 Å². The van der Waals surface area contributed by atoms with Crippen LogP contribution in [0.1, 0.15) is 70.3 Å². The van der Waals surface area contributed by atoms with Gasteiger partial charge in [-0.2, -0.15) is 0 Å². The zero-order valence-corrected chi connectivity index (χ0v) is 25.8. The number of carbonyl (C=O) groups excluding carboxylic acids is 1. The SMILES string of the molecule is C=C1CC[C@]2(O)[C@]3(C)C[C@]4(O)O[C@]25[C@@H]1O[P@](=O)(NCCCCN)O[C@]51[C@@]3(O)[C@H](OC(=O)c2ccc[nH]2)[C@](O)(C(C)C)[C@]14C. The largest absolute Gasteiger partial charge is 0.451 e. The molecule has 11 atom stereocenters. The number of aromatic nitrogens is 1. The lowest BCUT2D eigenvalue weighted by atomic mass is 9.52. The lowest BCUT2D eigenvalue weighted by molar-refractivity contribution is -0.381. The molecule has 0 radical (unpaired) electrons. The first-order valence-electron chi connectivity index (χ1n) is 15.0. The Morgan fingerprint density at radius 1 is 1.28 bits per heavy atom. The van der Waals surface area contributed by atoms with Crippen molar-refractivity contribution >= 4 is 13.7 Å². The highest BCUT2D eigenvalue weighted by atomic mass is 31.2. The van der Waals surface area contributed by atoms with Crippen LogP contribution < -0.4 is 10.8 Å². The van der Waals surface area contributed by atoms with Gasteiger partial charge in [-0.3, -0.25) is 9.05 Å². The van der Waals surface area contributed by atoms with Gasteiger partial charge in [0.15, 0.2) is 23.1 Å². The van der Waals surface area contributed by atoms with Crippen molar-refractivity contribution in [1.29, 1.82) is 0 Å². The van der Waals surface area contributed by atoms with Crippen LogP contribution in [-0.2, 0) is 23.1 Å². The highest BCUT2D eigenvalue weighted by molar-refractivity contribution is 7.51. The summed E-state index contributed by atoms with van der Waals surface area (Å²) >= 11 is 0. The van der Waals surface area contributed by atoms with Gasteiger partial charge in [-0.1, -0.05) is 27.4 Å². The van der Waals surface area contributed by atoms with Crippen LogP contribution in [0.25, 0.3) is 0 Å². The molecule has 238 valence electrons. The molecule has 2 spiro atoms. The average molecular weight is 624 g/mol. The molecule has 4 heterocycles. The van der Waals surface area contributed by atoms with Crippen molar-refractivity contribution in [3.05, 3.63) is 36.2 Å². The van der Waals surface area contributed by atoms with Crippen LogP contribution in [-0.4, -0.2) is 90.5 Å². The fourth-order valence-corrected chi connectivity index (χ4v) is 12.5. The highest BCUT2D eigenvalue weighted by Gasteiger charge is 3.12. The van der Waals surface area contributed by atoms with Crippen molar-refractivity contribution in [1.82, 2.24) is 10.1 Å². The number of carbonyl (C=O) groups is 1. The molecule has 8 N–H and O–H groups in total. The molecule has 0 amide bonds. The van der Waals surface area contributed by atoms with Gasteiger partial charge in [0.1, 0.15) is 28.6 Å². The quantitative estimate of drug-likeness (QED) is 0.0945. The van der Waals surface area contributed by atoms with E-state index in [1.165, 1.54) is 19.2 Å². The molecular formula is C29H42N3O10P. The minimum atomic E-state index is -4.39. The third-order valence-electron chi connectivity index (χ3n) is 12.3. The van der Waals surface area contributed by atoms with Gasteiger partial charge < -0.3 is 40.6 Å². The molecule has 4 saturated carbocycles. The number of rotatable bonds is 8. The highest BCUT2D eigenvalue weighted by Crippen LogP contribution is 2.94. The molecular weight excluding hydrogens is 581 g/mol. The average Bonchev–Trinajstić information content (AvgIpc) is 3.57. The fraction of sp³-hybridized carbons (Fsp3) is 0.759. The summed E-state index contributed by atoms with van der Waals surface area (Å²) in [4.78, 5) is 16.4. The standard InChI is InChI=1S/C29H42N3O10P/c1-16(2)26(36)21(39-20(33)18-9-8-13-31-18)27(37)22(4)15-25(35)23(26,5)29(27)28(41-25)19(17(3)10-11-24(22,28)34)40-43(38,42-29)32-14-7-6-12-30/h8-9,13,16,19,21,31,34-37H,3,6-7,10-12,14-15,30H2,1-2,4-5H3,(H,32,38)/t19-,21-,22+,23-,24+,25+,26-,27-,28-,29-,43-/m1/s1. The van der Waals surface area contributed by atoms with Gasteiger partial charge in [-0.15, -0.1) is 0 Å². The Balaban J connectivity index is 1.53. The van der Waals surface area contributed by atoms with E-state index in [2.05, 4.69) is 16.7 Å². The van der Waals surface area contributed by atoms with Gasteiger partial charge in [0.25, 0.3) is 0 Å². The van der Waals surface area contributed by atoms with E-state index in [1.54, 1.807) is 26.8 Å². The number of ether oxygens (including phenoxy) is 2. The summed E-state index contributed by atoms with van der Waals surface area (Å²) in [5.74, 6) is -3.90. The van der Waals surface area contributed by atoms with Crippen LogP contribution in [0.15, 0.2) is 30.5 Å². The minimum absolute atomic E-state index is 0.0351. The molecule has 4 aliphatic carbocycles. The number of hydrogen-bond donors (Lipinski definition) is 7. The number of aromatic amines is 1. The minimum Gasteiger partial charge on any atom is -0.451 e. The van der Waals surface area contributed by atoms with Gasteiger partial charge in [0, 0.05) is 24.6 Å². The summed E-state index contributed by atoms with van der Waals surface area (Å²) in [5, 5.41) is 54.9. The van der Waals surface area contributed by atoms with Crippen LogP contribution >= 0.6 is 7.75 Å². The molecule has 3 saturated heterocycles. The molecule has 3 aliphatic heterocycles. The molecule has 1 aromatic rings. The van der Waals surface area contributed by atoms with Gasteiger partial charge in [0.05, 0.1) is 5.41 Å². The number of hydrogen-bond acceptors (Lipinski definition) is 11. The molecule has 7 aliphatic rings. The maximum Gasteiger partial charge on any atom is 0.406 e. The van der Waals surface area contributed by atoms with Crippen molar-refractivity contribution in [3.63, 3.8) is 0 Å². The summed E-state index contributed by atoms with van der Waals surface area (Å²) in [5.41, 5.74) is -8.62. The van der Waals surface area contributed by atoms with Gasteiger partial charge in [-0.25, -0.2) is 14.4 Å². The molecule has 0 unspecified atom stereocenters. The number of nitrogens with one attached hydrogen (secondary N) is 2. The molecule has 0 aromatic carbocycles.